The first-order chi connectivity index (χ1) is 7.65. The van der Waals surface area contributed by atoms with E-state index in [4.69, 9.17) is 9.26 Å². The molecule has 86 valence electrons. The zero-order valence-corrected chi connectivity index (χ0v) is 9.54. The summed E-state index contributed by atoms with van der Waals surface area (Å²) in [6, 6.07) is 0. The highest BCUT2D eigenvalue weighted by molar-refractivity contribution is 5.11. The number of ether oxygens (including phenoxy) is 1. The first-order valence-corrected chi connectivity index (χ1v) is 5.09. The molecular formula is C10H14N4O2. The molecule has 2 rings (SSSR count). The number of nitrogens with zero attached hydrogens (tertiary/aromatic N) is 4. The zero-order valence-electron chi connectivity index (χ0n) is 9.54. The largest absolute Gasteiger partial charge is 0.480 e. The summed E-state index contributed by atoms with van der Waals surface area (Å²) in [5.41, 5.74) is 0. The van der Waals surface area contributed by atoms with Gasteiger partial charge in [0.15, 0.2) is 18.2 Å². The van der Waals surface area contributed by atoms with Crippen molar-refractivity contribution in [2.75, 3.05) is 0 Å². The van der Waals surface area contributed by atoms with Gasteiger partial charge in [-0.15, -0.1) is 0 Å². The molecule has 6 nitrogen and oxygen atoms in total. The molecule has 16 heavy (non-hydrogen) atoms. The van der Waals surface area contributed by atoms with Gasteiger partial charge in [-0.1, -0.05) is 19.0 Å². The van der Waals surface area contributed by atoms with Gasteiger partial charge >= 0.3 is 0 Å². The number of hydrogen-bond donors (Lipinski definition) is 0. The minimum Gasteiger partial charge on any atom is -0.480 e. The molecule has 2 heterocycles. The van der Waals surface area contributed by atoms with E-state index < -0.39 is 0 Å². The van der Waals surface area contributed by atoms with E-state index in [1.165, 1.54) is 0 Å². The Hall–Kier alpha value is -1.85. The van der Waals surface area contributed by atoms with E-state index in [0.29, 0.717) is 17.5 Å². The lowest BCUT2D eigenvalue weighted by molar-refractivity contribution is 0.242. The van der Waals surface area contributed by atoms with Crippen LogP contribution in [0.15, 0.2) is 16.9 Å². The van der Waals surface area contributed by atoms with E-state index in [-0.39, 0.29) is 12.5 Å². The molecule has 0 atom stereocenters. The highest BCUT2D eigenvalue weighted by atomic mass is 16.5. The van der Waals surface area contributed by atoms with Gasteiger partial charge in [-0.3, -0.25) is 4.68 Å². The summed E-state index contributed by atoms with van der Waals surface area (Å²) in [5, 5.41) is 7.83. The monoisotopic (exact) mass is 222 g/mol. The summed E-state index contributed by atoms with van der Waals surface area (Å²) in [5.74, 6) is 2.13. The molecule has 2 aromatic heterocycles. The molecule has 0 aliphatic rings. The van der Waals surface area contributed by atoms with Crippen molar-refractivity contribution in [1.29, 1.82) is 0 Å². The summed E-state index contributed by atoms with van der Waals surface area (Å²) in [4.78, 5) is 4.20. The quantitative estimate of drug-likeness (QED) is 0.784. The standard InChI is InChI=1S/C10H14N4O2/c1-7(2)10-12-9(16-13-10)6-15-8-4-11-14(3)5-8/h4-5,7H,6H2,1-3H3. The van der Waals surface area contributed by atoms with Crippen molar-refractivity contribution >= 4 is 0 Å². The van der Waals surface area contributed by atoms with Gasteiger partial charge in [0, 0.05) is 13.0 Å². The number of aryl methyl sites for hydroxylation is 1. The Labute approximate surface area is 93.2 Å². The third-order valence-corrected chi connectivity index (χ3v) is 2.04. The maximum Gasteiger partial charge on any atom is 0.264 e. The predicted molar refractivity (Wildman–Crippen MR) is 55.9 cm³/mol. The van der Waals surface area contributed by atoms with Crippen molar-refractivity contribution in [2.45, 2.75) is 26.4 Å². The molecule has 0 fully saturated rings. The Morgan fingerprint density at radius 3 is 2.88 bits per heavy atom. The Bertz CT molecular complexity index is 461. The molecule has 0 bridgehead atoms. The number of hydrogen-bond acceptors (Lipinski definition) is 5. The van der Waals surface area contributed by atoms with Crippen molar-refractivity contribution in [3.63, 3.8) is 0 Å². The molecule has 0 radical (unpaired) electrons. The van der Waals surface area contributed by atoms with E-state index in [1.54, 1.807) is 17.1 Å². The smallest absolute Gasteiger partial charge is 0.264 e. The van der Waals surface area contributed by atoms with Crippen molar-refractivity contribution in [2.24, 2.45) is 7.05 Å². The van der Waals surface area contributed by atoms with Crippen LogP contribution >= 0.6 is 0 Å². The lowest BCUT2D eigenvalue weighted by Gasteiger charge is -1.97. The first kappa shape index (κ1) is 10.7. The summed E-state index contributed by atoms with van der Waals surface area (Å²) in [7, 11) is 1.83. The van der Waals surface area contributed by atoms with Gasteiger partial charge < -0.3 is 9.26 Å². The third-order valence-electron chi connectivity index (χ3n) is 2.04. The third kappa shape index (κ3) is 2.39. The summed E-state index contributed by atoms with van der Waals surface area (Å²) >= 11 is 0. The Kier molecular flexibility index (Phi) is 2.89. The fourth-order valence-electron chi connectivity index (χ4n) is 1.18. The van der Waals surface area contributed by atoms with Crippen LogP contribution in [0.2, 0.25) is 0 Å². The molecule has 0 aliphatic carbocycles. The van der Waals surface area contributed by atoms with Crippen LogP contribution < -0.4 is 4.74 Å². The second-order valence-corrected chi connectivity index (χ2v) is 3.84. The molecule has 0 saturated carbocycles. The van der Waals surface area contributed by atoms with E-state index in [2.05, 4.69) is 15.2 Å². The van der Waals surface area contributed by atoms with Gasteiger partial charge in [0.2, 0.25) is 0 Å². The maximum atomic E-state index is 5.43. The lowest BCUT2D eigenvalue weighted by atomic mass is 10.2. The van der Waals surface area contributed by atoms with Crippen molar-refractivity contribution in [3.05, 3.63) is 24.1 Å². The van der Waals surface area contributed by atoms with Crippen LogP contribution in [0.3, 0.4) is 0 Å². The highest BCUT2D eigenvalue weighted by Crippen LogP contribution is 2.12. The summed E-state index contributed by atoms with van der Waals surface area (Å²) in [6.45, 7) is 4.29. The Morgan fingerprint density at radius 2 is 2.31 bits per heavy atom. The van der Waals surface area contributed by atoms with Gasteiger partial charge in [0.05, 0.1) is 12.4 Å². The van der Waals surface area contributed by atoms with Gasteiger partial charge in [-0.2, -0.15) is 10.1 Å². The van der Waals surface area contributed by atoms with E-state index in [0.717, 1.165) is 0 Å². The predicted octanol–water partition coefficient (Wildman–Crippen LogP) is 1.51. The first-order valence-electron chi connectivity index (χ1n) is 5.09. The van der Waals surface area contributed by atoms with Gasteiger partial charge in [0.1, 0.15) is 0 Å². The molecule has 0 N–H and O–H groups in total. The van der Waals surface area contributed by atoms with Gasteiger partial charge in [-0.25, -0.2) is 0 Å². The molecule has 2 aromatic rings. The van der Waals surface area contributed by atoms with Crippen molar-refractivity contribution in [1.82, 2.24) is 19.9 Å². The topological polar surface area (TPSA) is 66.0 Å². The van der Waals surface area contributed by atoms with Crippen LogP contribution in [0.4, 0.5) is 0 Å². The summed E-state index contributed by atoms with van der Waals surface area (Å²) < 4.78 is 12.1. The lowest BCUT2D eigenvalue weighted by Crippen LogP contribution is -1.96. The summed E-state index contributed by atoms with van der Waals surface area (Å²) in [6.07, 6.45) is 3.42. The Morgan fingerprint density at radius 1 is 1.50 bits per heavy atom. The van der Waals surface area contributed by atoms with Crippen molar-refractivity contribution < 1.29 is 9.26 Å². The molecule has 0 spiro atoms. The highest BCUT2D eigenvalue weighted by Gasteiger charge is 2.10. The second kappa shape index (κ2) is 4.34. The SMILES string of the molecule is CC(C)c1noc(COc2cnn(C)c2)n1. The second-order valence-electron chi connectivity index (χ2n) is 3.84. The van der Waals surface area contributed by atoms with Crippen LogP contribution in [0, 0.1) is 0 Å². The van der Waals surface area contributed by atoms with E-state index >= 15 is 0 Å². The zero-order chi connectivity index (χ0) is 11.5. The Balaban J connectivity index is 1.94. The maximum absolute atomic E-state index is 5.43. The molecule has 6 heteroatoms. The minimum atomic E-state index is 0.260. The van der Waals surface area contributed by atoms with Crippen LogP contribution in [0.25, 0.3) is 0 Å². The molecular weight excluding hydrogens is 208 g/mol. The van der Waals surface area contributed by atoms with E-state index in [9.17, 15) is 0 Å². The van der Waals surface area contributed by atoms with Crippen LogP contribution in [-0.2, 0) is 13.7 Å². The van der Waals surface area contributed by atoms with Crippen molar-refractivity contribution in [3.8, 4) is 5.75 Å². The normalized spacial score (nSPS) is 11.0. The van der Waals surface area contributed by atoms with Crippen LogP contribution in [-0.4, -0.2) is 19.9 Å². The molecule has 0 aromatic carbocycles. The van der Waals surface area contributed by atoms with Gasteiger partial charge in [-0.05, 0) is 0 Å². The molecule has 0 unspecified atom stereocenters. The molecule has 0 saturated heterocycles. The molecule has 0 aliphatic heterocycles. The fourth-order valence-corrected chi connectivity index (χ4v) is 1.18. The fraction of sp³-hybridized carbons (Fsp3) is 0.500. The van der Waals surface area contributed by atoms with E-state index in [1.807, 2.05) is 20.9 Å². The van der Waals surface area contributed by atoms with Crippen LogP contribution in [0.1, 0.15) is 31.5 Å². The molecule has 0 amide bonds. The number of rotatable bonds is 4. The minimum absolute atomic E-state index is 0.260. The number of aromatic nitrogens is 4. The average Bonchev–Trinajstić information content (AvgIpc) is 2.83. The van der Waals surface area contributed by atoms with Crippen LogP contribution in [0.5, 0.6) is 5.75 Å². The average molecular weight is 222 g/mol. The van der Waals surface area contributed by atoms with Gasteiger partial charge in [0.25, 0.3) is 5.89 Å².